The topological polar surface area (TPSA) is 42.4 Å². The molecule has 6 heteroatoms. The Morgan fingerprint density at radius 1 is 1.43 bits per heavy atom. The SMILES string of the molecule is Cc1nc(-c2cc3c(s2)CCN(C(=O)[C@H]2CC[C@@H](C)O2)C3)cs1. The number of rotatable bonds is 2. The standard InChI is InChI=1S/C17H20N2O2S2/c1-10-3-4-14(21-10)17(20)19-6-5-15-12(8-19)7-16(23-15)13-9-22-11(2)18-13/h7,9-10,14H,3-6,8H2,1-2H3/t10-,14-/m1/s1. The van der Waals surface area contributed by atoms with Crippen LogP contribution in [0.15, 0.2) is 11.4 Å². The van der Waals surface area contributed by atoms with Crippen molar-refractivity contribution in [2.24, 2.45) is 0 Å². The first-order chi connectivity index (χ1) is 11.1. The number of ether oxygens (including phenoxy) is 1. The smallest absolute Gasteiger partial charge is 0.252 e. The van der Waals surface area contributed by atoms with E-state index in [-0.39, 0.29) is 18.1 Å². The number of carbonyl (C=O) groups excluding carboxylic acids is 1. The summed E-state index contributed by atoms with van der Waals surface area (Å²) in [4.78, 5) is 21.8. The molecular weight excluding hydrogens is 328 g/mol. The molecule has 122 valence electrons. The maximum Gasteiger partial charge on any atom is 0.252 e. The molecule has 2 aromatic rings. The van der Waals surface area contributed by atoms with Gasteiger partial charge in [-0.05, 0) is 44.7 Å². The van der Waals surface area contributed by atoms with Gasteiger partial charge in [0.15, 0.2) is 0 Å². The van der Waals surface area contributed by atoms with E-state index in [1.165, 1.54) is 15.3 Å². The third-order valence-corrected chi connectivity index (χ3v) is 6.59. The van der Waals surface area contributed by atoms with Crippen molar-refractivity contribution in [3.63, 3.8) is 0 Å². The average molecular weight is 348 g/mol. The Kier molecular flexibility index (Phi) is 3.99. The van der Waals surface area contributed by atoms with Gasteiger partial charge in [0, 0.05) is 23.3 Å². The lowest BCUT2D eigenvalue weighted by Gasteiger charge is -2.29. The number of hydrogen-bond acceptors (Lipinski definition) is 5. The van der Waals surface area contributed by atoms with Crippen molar-refractivity contribution in [2.75, 3.05) is 6.54 Å². The number of thiazole rings is 1. The highest BCUT2D eigenvalue weighted by Gasteiger charge is 2.33. The summed E-state index contributed by atoms with van der Waals surface area (Å²) in [5, 5.41) is 3.21. The quantitative estimate of drug-likeness (QED) is 0.832. The summed E-state index contributed by atoms with van der Waals surface area (Å²) in [6.45, 7) is 5.59. The molecule has 23 heavy (non-hydrogen) atoms. The second-order valence-corrected chi connectivity index (χ2v) is 8.53. The summed E-state index contributed by atoms with van der Waals surface area (Å²) in [6, 6.07) is 2.21. The van der Waals surface area contributed by atoms with E-state index in [1.54, 1.807) is 11.3 Å². The fourth-order valence-corrected chi connectivity index (χ4v) is 5.12. The van der Waals surface area contributed by atoms with Gasteiger partial charge in [-0.2, -0.15) is 0 Å². The predicted molar refractivity (Wildman–Crippen MR) is 92.9 cm³/mol. The van der Waals surface area contributed by atoms with Crippen LogP contribution in [0.5, 0.6) is 0 Å². The lowest BCUT2D eigenvalue weighted by molar-refractivity contribution is -0.143. The molecule has 2 aliphatic rings. The van der Waals surface area contributed by atoms with Gasteiger partial charge in [-0.25, -0.2) is 4.98 Å². The van der Waals surface area contributed by atoms with Crippen molar-refractivity contribution < 1.29 is 9.53 Å². The molecule has 0 spiro atoms. The van der Waals surface area contributed by atoms with Gasteiger partial charge in [-0.3, -0.25) is 4.79 Å². The Morgan fingerprint density at radius 3 is 3.00 bits per heavy atom. The number of hydrogen-bond donors (Lipinski definition) is 0. The molecule has 1 saturated heterocycles. The van der Waals surface area contributed by atoms with Crippen molar-refractivity contribution in [2.45, 2.75) is 51.9 Å². The molecule has 2 atom stereocenters. The molecule has 1 fully saturated rings. The van der Waals surface area contributed by atoms with Gasteiger partial charge >= 0.3 is 0 Å². The molecule has 0 aliphatic carbocycles. The van der Waals surface area contributed by atoms with Crippen LogP contribution in [0.25, 0.3) is 10.6 Å². The van der Waals surface area contributed by atoms with Crippen LogP contribution in [0, 0.1) is 6.92 Å². The van der Waals surface area contributed by atoms with Gasteiger partial charge in [0.2, 0.25) is 0 Å². The number of carbonyl (C=O) groups is 1. The maximum absolute atomic E-state index is 12.6. The van der Waals surface area contributed by atoms with E-state index in [0.29, 0.717) is 6.54 Å². The van der Waals surface area contributed by atoms with Crippen LogP contribution >= 0.6 is 22.7 Å². The van der Waals surface area contributed by atoms with Crippen molar-refractivity contribution >= 4 is 28.6 Å². The number of amides is 1. The number of thiophene rings is 1. The van der Waals surface area contributed by atoms with Gasteiger partial charge in [0.25, 0.3) is 5.91 Å². The first-order valence-corrected chi connectivity index (χ1v) is 9.78. The molecule has 0 radical (unpaired) electrons. The average Bonchev–Trinajstić information content (AvgIpc) is 3.24. The molecule has 2 aliphatic heterocycles. The van der Waals surface area contributed by atoms with Crippen molar-refractivity contribution in [1.29, 1.82) is 0 Å². The van der Waals surface area contributed by atoms with E-state index in [1.807, 2.05) is 30.1 Å². The van der Waals surface area contributed by atoms with Gasteiger partial charge in [0.05, 0.1) is 21.7 Å². The zero-order chi connectivity index (χ0) is 16.0. The van der Waals surface area contributed by atoms with E-state index in [2.05, 4.69) is 16.4 Å². The first kappa shape index (κ1) is 15.3. The summed E-state index contributed by atoms with van der Waals surface area (Å²) >= 11 is 3.51. The minimum Gasteiger partial charge on any atom is -0.365 e. The molecule has 0 bridgehead atoms. The minimum absolute atomic E-state index is 0.164. The zero-order valence-corrected chi connectivity index (χ0v) is 15.0. The Bertz CT molecular complexity index is 737. The summed E-state index contributed by atoms with van der Waals surface area (Å²) < 4.78 is 5.74. The third-order valence-electron chi connectivity index (χ3n) is 4.56. The van der Waals surface area contributed by atoms with Crippen molar-refractivity contribution in [3.05, 3.63) is 26.9 Å². The molecule has 2 aromatic heterocycles. The fourth-order valence-electron chi connectivity index (χ4n) is 3.31. The van der Waals surface area contributed by atoms with E-state index in [4.69, 9.17) is 4.74 Å². The molecular formula is C17H20N2O2S2. The van der Waals surface area contributed by atoms with Crippen LogP contribution in [0.3, 0.4) is 0 Å². The molecule has 4 rings (SSSR count). The largest absolute Gasteiger partial charge is 0.365 e. The van der Waals surface area contributed by atoms with Crippen LogP contribution in [0.1, 0.15) is 35.2 Å². The van der Waals surface area contributed by atoms with Crippen LogP contribution in [0.2, 0.25) is 0 Å². The van der Waals surface area contributed by atoms with Crippen LogP contribution in [0.4, 0.5) is 0 Å². The Hall–Kier alpha value is -1.24. The van der Waals surface area contributed by atoms with Crippen LogP contribution in [-0.4, -0.2) is 34.5 Å². The monoisotopic (exact) mass is 348 g/mol. The number of aryl methyl sites for hydroxylation is 1. The molecule has 0 saturated carbocycles. The minimum atomic E-state index is -0.231. The van der Waals surface area contributed by atoms with E-state index in [0.717, 1.165) is 36.5 Å². The maximum atomic E-state index is 12.6. The zero-order valence-electron chi connectivity index (χ0n) is 13.4. The predicted octanol–water partition coefficient (Wildman–Crippen LogP) is 3.63. The molecule has 0 aromatic carbocycles. The van der Waals surface area contributed by atoms with Gasteiger partial charge < -0.3 is 9.64 Å². The fraction of sp³-hybridized carbons (Fsp3) is 0.529. The van der Waals surface area contributed by atoms with Crippen LogP contribution in [-0.2, 0) is 22.5 Å². The van der Waals surface area contributed by atoms with Gasteiger partial charge in [-0.1, -0.05) is 0 Å². The highest BCUT2D eigenvalue weighted by atomic mass is 32.1. The number of nitrogens with zero attached hydrogens (tertiary/aromatic N) is 2. The lowest BCUT2D eigenvalue weighted by atomic mass is 10.1. The number of aromatic nitrogens is 1. The van der Waals surface area contributed by atoms with E-state index in [9.17, 15) is 4.79 Å². The highest BCUT2D eigenvalue weighted by molar-refractivity contribution is 7.16. The summed E-state index contributed by atoms with van der Waals surface area (Å²) in [5.41, 5.74) is 2.35. The summed E-state index contributed by atoms with van der Waals surface area (Å²) in [5.74, 6) is 0.164. The number of fused-ring (bicyclic) bond motifs is 1. The highest BCUT2D eigenvalue weighted by Crippen LogP contribution is 2.35. The van der Waals surface area contributed by atoms with Gasteiger partial charge in [0.1, 0.15) is 6.10 Å². The first-order valence-electron chi connectivity index (χ1n) is 8.08. The molecule has 4 nitrogen and oxygen atoms in total. The second kappa shape index (κ2) is 6.00. The van der Waals surface area contributed by atoms with Gasteiger partial charge in [-0.15, -0.1) is 22.7 Å². The van der Waals surface area contributed by atoms with Crippen molar-refractivity contribution in [3.8, 4) is 10.6 Å². The third kappa shape index (κ3) is 2.95. The Labute approximate surface area is 144 Å². The van der Waals surface area contributed by atoms with E-state index < -0.39 is 0 Å². The summed E-state index contributed by atoms with van der Waals surface area (Å²) in [6.07, 6.45) is 2.77. The Morgan fingerprint density at radius 2 is 2.30 bits per heavy atom. The molecule has 0 unspecified atom stereocenters. The summed E-state index contributed by atoms with van der Waals surface area (Å²) in [7, 11) is 0. The Balaban J connectivity index is 1.51. The lowest BCUT2D eigenvalue weighted by Crippen LogP contribution is -2.41. The molecule has 4 heterocycles. The van der Waals surface area contributed by atoms with Crippen LogP contribution < -0.4 is 0 Å². The second-order valence-electron chi connectivity index (χ2n) is 6.33. The molecule has 1 amide bonds. The van der Waals surface area contributed by atoms with Crippen molar-refractivity contribution in [1.82, 2.24) is 9.88 Å². The normalized spacial score (nSPS) is 24.0. The molecule has 0 N–H and O–H groups in total. The van der Waals surface area contributed by atoms with E-state index >= 15 is 0 Å².